The van der Waals surface area contributed by atoms with E-state index in [4.69, 9.17) is 0 Å². The van der Waals surface area contributed by atoms with Gasteiger partial charge in [0.2, 0.25) is 5.91 Å². The van der Waals surface area contributed by atoms with Crippen LogP contribution >= 0.6 is 0 Å². The van der Waals surface area contributed by atoms with Crippen LogP contribution in [0.25, 0.3) is 0 Å². The molecule has 2 fully saturated rings. The fourth-order valence-electron chi connectivity index (χ4n) is 3.26. The maximum absolute atomic E-state index is 12.7. The number of nitrogens with zero attached hydrogens (tertiary/aromatic N) is 2. The van der Waals surface area contributed by atoms with Gasteiger partial charge in [0, 0.05) is 38.8 Å². The Morgan fingerprint density at radius 2 is 2.00 bits per heavy atom. The zero-order valence-corrected chi connectivity index (χ0v) is 12.0. The maximum Gasteiger partial charge on any atom is 0.239 e. The van der Waals surface area contributed by atoms with Gasteiger partial charge in [0.25, 0.3) is 0 Å². The van der Waals surface area contributed by atoms with Crippen LogP contribution in [0, 0.1) is 0 Å². The lowest BCUT2D eigenvalue weighted by atomic mass is 10.1. The van der Waals surface area contributed by atoms with Gasteiger partial charge in [-0.3, -0.25) is 9.69 Å². The average Bonchev–Trinajstić information content (AvgIpc) is 2.98. The fraction of sp³-hybridized carbons (Fsp3) is 0.929. The number of piperazine rings is 1. The second-order valence-electron chi connectivity index (χ2n) is 5.66. The Balaban J connectivity index is 1.96. The molecule has 2 aliphatic rings. The molecule has 0 aromatic carbocycles. The standard InChI is InChI=1S/C14H27N3O2/c1-12(16-8-6-15-7-9-16)14(19)17(10-11-18)13-4-2-3-5-13/h12-13,15,18H,2-11H2,1H3. The Kier molecular flexibility index (Phi) is 5.60. The number of amides is 1. The summed E-state index contributed by atoms with van der Waals surface area (Å²) in [5.41, 5.74) is 0. The van der Waals surface area contributed by atoms with Gasteiger partial charge >= 0.3 is 0 Å². The molecular formula is C14H27N3O2. The third-order valence-corrected chi connectivity index (χ3v) is 4.45. The molecule has 1 unspecified atom stereocenters. The molecule has 0 aromatic heterocycles. The largest absolute Gasteiger partial charge is 0.395 e. The van der Waals surface area contributed by atoms with Crippen LogP contribution in [0.4, 0.5) is 0 Å². The maximum atomic E-state index is 12.7. The summed E-state index contributed by atoms with van der Waals surface area (Å²) in [4.78, 5) is 16.9. The Labute approximate surface area is 115 Å². The van der Waals surface area contributed by atoms with Crippen LogP contribution in [0.1, 0.15) is 32.6 Å². The predicted octanol–water partition coefficient (Wildman–Crippen LogP) is 0.0436. The van der Waals surface area contributed by atoms with Crippen LogP contribution < -0.4 is 5.32 Å². The average molecular weight is 269 g/mol. The molecule has 5 nitrogen and oxygen atoms in total. The van der Waals surface area contributed by atoms with E-state index in [-0.39, 0.29) is 18.6 Å². The van der Waals surface area contributed by atoms with E-state index in [1.165, 1.54) is 12.8 Å². The lowest BCUT2D eigenvalue weighted by Gasteiger charge is -2.37. The first kappa shape index (κ1) is 14.8. The van der Waals surface area contributed by atoms with Gasteiger partial charge in [-0.2, -0.15) is 0 Å². The number of carbonyl (C=O) groups is 1. The monoisotopic (exact) mass is 269 g/mol. The Hall–Kier alpha value is -0.650. The third-order valence-electron chi connectivity index (χ3n) is 4.45. The van der Waals surface area contributed by atoms with E-state index in [0.29, 0.717) is 12.6 Å². The highest BCUT2D eigenvalue weighted by atomic mass is 16.3. The minimum Gasteiger partial charge on any atom is -0.395 e. The smallest absolute Gasteiger partial charge is 0.239 e. The molecular weight excluding hydrogens is 242 g/mol. The van der Waals surface area contributed by atoms with Gasteiger partial charge in [-0.1, -0.05) is 12.8 Å². The van der Waals surface area contributed by atoms with Crippen LogP contribution in [0.2, 0.25) is 0 Å². The lowest BCUT2D eigenvalue weighted by molar-refractivity contribution is -0.139. The van der Waals surface area contributed by atoms with Crippen LogP contribution in [0.3, 0.4) is 0 Å². The van der Waals surface area contributed by atoms with Gasteiger partial charge in [-0.25, -0.2) is 0 Å². The highest BCUT2D eigenvalue weighted by Crippen LogP contribution is 2.24. The quantitative estimate of drug-likeness (QED) is 0.740. The number of nitrogens with one attached hydrogen (secondary N) is 1. The van der Waals surface area contributed by atoms with Crippen molar-refractivity contribution in [3.05, 3.63) is 0 Å². The van der Waals surface area contributed by atoms with Gasteiger partial charge in [-0.15, -0.1) is 0 Å². The van der Waals surface area contributed by atoms with Gasteiger partial charge < -0.3 is 15.3 Å². The number of aliphatic hydroxyl groups is 1. The first-order valence-electron chi connectivity index (χ1n) is 7.60. The molecule has 19 heavy (non-hydrogen) atoms. The van der Waals surface area contributed by atoms with Gasteiger partial charge in [0.1, 0.15) is 0 Å². The van der Waals surface area contributed by atoms with E-state index in [9.17, 15) is 9.90 Å². The van der Waals surface area contributed by atoms with Crippen molar-refractivity contribution in [1.82, 2.24) is 15.1 Å². The van der Waals surface area contributed by atoms with Crippen molar-refractivity contribution in [1.29, 1.82) is 0 Å². The van der Waals surface area contributed by atoms with Crippen molar-refractivity contribution >= 4 is 5.91 Å². The van der Waals surface area contributed by atoms with Crippen LogP contribution in [-0.2, 0) is 4.79 Å². The first-order chi connectivity index (χ1) is 9.24. The van der Waals surface area contributed by atoms with E-state index >= 15 is 0 Å². The van der Waals surface area contributed by atoms with E-state index in [1.54, 1.807) is 0 Å². The van der Waals surface area contributed by atoms with Gasteiger partial charge in [0.05, 0.1) is 12.6 Å². The molecule has 1 saturated heterocycles. The minimum atomic E-state index is -0.0609. The second-order valence-corrected chi connectivity index (χ2v) is 5.66. The zero-order valence-electron chi connectivity index (χ0n) is 12.0. The summed E-state index contributed by atoms with van der Waals surface area (Å²) in [6, 6.07) is 0.291. The first-order valence-corrected chi connectivity index (χ1v) is 7.60. The molecule has 5 heteroatoms. The van der Waals surface area contributed by atoms with E-state index in [1.807, 2.05) is 11.8 Å². The summed E-state index contributed by atoms with van der Waals surface area (Å²) in [6.45, 7) is 6.35. The Bertz CT molecular complexity index is 286. The molecule has 1 heterocycles. The zero-order chi connectivity index (χ0) is 13.7. The van der Waals surface area contributed by atoms with Crippen molar-refractivity contribution in [3.8, 4) is 0 Å². The topological polar surface area (TPSA) is 55.8 Å². The summed E-state index contributed by atoms with van der Waals surface area (Å²) in [7, 11) is 0. The number of aliphatic hydroxyl groups excluding tert-OH is 1. The van der Waals surface area contributed by atoms with Crippen molar-refractivity contribution < 1.29 is 9.90 Å². The highest BCUT2D eigenvalue weighted by Gasteiger charge is 2.31. The highest BCUT2D eigenvalue weighted by molar-refractivity contribution is 5.81. The molecule has 1 atom stereocenters. The second kappa shape index (κ2) is 7.22. The number of hydrogen-bond donors (Lipinski definition) is 2. The molecule has 1 aliphatic heterocycles. The van der Waals surface area contributed by atoms with Crippen molar-refractivity contribution in [2.45, 2.75) is 44.7 Å². The SMILES string of the molecule is CC(C(=O)N(CCO)C1CCCC1)N1CCNCC1. The van der Waals surface area contributed by atoms with Crippen LogP contribution in [0.15, 0.2) is 0 Å². The van der Waals surface area contributed by atoms with E-state index < -0.39 is 0 Å². The van der Waals surface area contributed by atoms with Crippen molar-refractivity contribution in [2.24, 2.45) is 0 Å². The fourth-order valence-corrected chi connectivity index (χ4v) is 3.26. The van der Waals surface area contributed by atoms with E-state index in [0.717, 1.165) is 39.0 Å². The molecule has 0 spiro atoms. The van der Waals surface area contributed by atoms with Crippen LogP contribution in [0.5, 0.6) is 0 Å². The number of hydrogen-bond acceptors (Lipinski definition) is 4. The summed E-state index contributed by atoms with van der Waals surface area (Å²) < 4.78 is 0. The van der Waals surface area contributed by atoms with Crippen molar-refractivity contribution in [3.63, 3.8) is 0 Å². The third kappa shape index (κ3) is 3.68. The molecule has 0 aromatic rings. The lowest BCUT2D eigenvalue weighted by Crippen LogP contribution is -2.55. The van der Waals surface area contributed by atoms with Gasteiger partial charge in [-0.05, 0) is 19.8 Å². The number of carbonyl (C=O) groups excluding carboxylic acids is 1. The predicted molar refractivity (Wildman–Crippen MR) is 75.0 cm³/mol. The summed E-state index contributed by atoms with van der Waals surface area (Å²) >= 11 is 0. The van der Waals surface area contributed by atoms with Crippen LogP contribution in [-0.4, -0.2) is 72.2 Å². The normalized spacial score (nSPS) is 23.5. The Morgan fingerprint density at radius 3 is 2.58 bits per heavy atom. The van der Waals surface area contributed by atoms with Gasteiger partial charge in [0.15, 0.2) is 0 Å². The molecule has 1 aliphatic carbocycles. The Morgan fingerprint density at radius 1 is 1.37 bits per heavy atom. The molecule has 110 valence electrons. The van der Waals surface area contributed by atoms with Crippen molar-refractivity contribution in [2.75, 3.05) is 39.3 Å². The molecule has 0 bridgehead atoms. The van der Waals surface area contributed by atoms with E-state index in [2.05, 4.69) is 10.2 Å². The summed E-state index contributed by atoms with van der Waals surface area (Å²) in [5, 5.41) is 12.5. The molecule has 1 saturated carbocycles. The summed E-state index contributed by atoms with van der Waals surface area (Å²) in [6.07, 6.45) is 4.61. The molecule has 2 N–H and O–H groups in total. The molecule has 0 radical (unpaired) electrons. The number of rotatable bonds is 5. The minimum absolute atomic E-state index is 0.0609. The molecule has 2 rings (SSSR count). The summed E-state index contributed by atoms with van der Waals surface area (Å²) in [5.74, 6) is 0.197. The molecule has 1 amide bonds.